The van der Waals surface area contributed by atoms with Crippen LogP contribution in [-0.2, 0) is 6.18 Å². The molecule has 3 nitrogen and oxygen atoms in total. The molecule has 0 spiro atoms. The van der Waals surface area contributed by atoms with Gasteiger partial charge in [-0.25, -0.2) is 0 Å². The highest BCUT2D eigenvalue weighted by atomic mass is 19.4. The zero-order valence-corrected chi connectivity index (χ0v) is 13.8. The van der Waals surface area contributed by atoms with Crippen LogP contribution in [0.25, 0.3) is 0 Å². The number of ether oxygens (including phenoxy) is 1. The number of hydrogen-bond acceptors (Lipinski definition) is 3. The van der Waals surface area contributed by atoms with E-state index in [1.165, 1.54) is 18.2 Å². The van der Waals surface area contributed by atoms with Gasteiger partial charge >= 0.3 is 6.18 Å². The Morgan fingerprint density at radius 1 is 1.16 bits per heavy atom. The van der Waals surface area contributed by atoms with Crippen molar-refractivity contribution in [1.82, 2.24) is 0 Å². The molecule has 0 heterocycles. The first-order valence-electron chi connectivity index (χ1n) is 7.77. The number of benzene rings is 2. The number of phenolic OH excluding ortho intramolecular Hbond substituents is 1. The van der Waals surface area contributed by atoms with Gasteiger partial charge in [0.15, 0.2) is 0 Å². The molecule has 0 radical (unpaired) electrons. The zero-order valence-electron chi connectivity index (χ0n) is 13.8. The van der Waals surface area contributed by atoms with Gasteiger partial charge in [0.2, 0.25) is 0 Å². The molecule has 1 N–H and O–H groups in total. The first-order chi connectivity index (χ1) is 11.7. The lowest BCUT2D eigenvalue weighted by atomic mass is 9.99. The molecule has 1 atom stereocenters. The molecule has 0 aliphatic heterocycles. The second kappa shape index (κ2) is 7.47. The lowest BCUT2D eigenvalue weighted by Gasteiger charge is -2.22. The number of halogens is 3. The summed E-state index contributed by atoms with van der Waals surface area (Å²) in [4.78, 5) is 0. The minimum Gasteiger partial charge on any atom is -0.508 e. The van der Waals surface area contributed by atoms with E-state index in [4.69, 9.17) is 10.00 Å². The summed E-state index contributed by atoms with van der Waals surface area (Å²) in [6.07, 6.45) is -4.59. The summed E-state index contributed by atoms with van der Waals surface area (Å²) < 4.78 is 45.1. The summed E-state index contributed by atoms with van der Waals surface area (Å²) in [6.45, 7) is 3.94. The topological polar surface area (TPSA) is 53.2 Å². The van der Waals surface area contributed by atoms with Crippen molar-refractivity contribution in [3.63, 3.8) is 0 Å². The largest absolute Gasteiger partial charge is 0.508 e. The Labute approximate surface area is 144 Å². The Morgan fingerprint density at radius 2 is 1.88 bits per heavy atom. The zero-order chi connectivity index (χ0) is 18.6. The van der Waals surface area contributed by atoms with Crippen molar-refractivity contribution in [2.24, 2.45) is 5.92 Å². The third kappa shape index (κ3) is 4.90. The fourth-order valence-corrected chi connectivity index (χ4v) is 2.50. The summed E-state index contributed by atoms with van der Waals surface area (Å²) in [7, 11) is 0. The summed E-state index contributed by atoms with van der Waals surface area (Å²) in [5, 5.41) is 18.5. The third-order valence-electron chi connectivity index (χ3n) is 3.62. The maximum Gasteiger partial charge on any atom is 0.417 e. The van der Waals surface area contributed by atoms with E-state index >= 15 is 0 Å². The molecule has 0 saturated heterocycles. The van der Waals surface area contributed by atoms with E-state index in [1.807, 2.05) is 13.8 Å². The van der Waals surface area contributed by atoms with Crippen LogP contribution in [0.15, 0.2) is 42.5 Å². The Bertz CT molecular complexity index is 779. The van der Waals surface area contributed by atoms with Gasteiger partial charge in [-0.3, -0.25) is 0 Å². The van der Waals surface area contributed by atoms with Crippen LogP contribution in [0, 0.1) is 17.2 Å². The lowest BCUT2D eigenvalue weighted by molar-refractivity contribution is -0.137. The highest BCUT2D eigenvalue weighted by Gasteiger charge is 2.34. The van der Waals surface area contributed by atoms with Gasteiger partial charge in [0.25, 0.3) is 0 Å². The monoisotopic (exact) mass is 349 g/mol. The van der Waals surface area contributed by atoms with Crippen molar-refractivity contribution in [3.05, 3.63) is 59.2 Å². The van der Waals surface area contributed by atoms with E-state index in [1.54, 1.807) is 18.2 Å². The fourth-order valence-electron chi connectivity index (χ4n) is 2.50. The van der Waals surface area contributed by atoms with Gasteiger partial charge in [0.1, 0.15) is 17.6 Å². The van der Waals surface area contributed by atoms with Gasteiger partial charge in [0, 0.05) is 0 Å². The van der Waals surface area contributed by atoms with Gasteiger partial charge in [-0.2, -0.15) is 18.4 Å². The molecule has 0 aliphatic carbocycles. The molecular weight excluding hydrogens is 331 g/mol. The fraction of sp³-hybridized carbons (Fsp3) is 0.316. The highest BCUT2D eigenvalue weighted by molar-refractivity contribution is 5.44. The van der Waals surface area contributed by atoms with Crippen LogP contribution in [0.4, 0.5) is 13.2 Å². The Morgan fingerprint density at radius 3 is 2.44 bits per heavy atom. The van der Waals surface area contributed by atoms with Gasteiger partial charge in [-0.05, 0) is 48.2 Å². The normalized spacial score (nSPS) is 12.7. The number of phenols is 1. The van der Waals surface area contributed by atoms with Crippen molar-refractivity contribution < 1.29 is 23.0 Å². The minimum atomic E-state index is -4.64. The van der Waals surface area contributed by atoms with E-state index in [0.29, 0.717) is 12.0 Å². The molecule has 2 rings (SSSR count). The second-order valence-corrected chi connectivity index (χ2v) is 6.15. The Hall–Kier alpha value is -2.68. The third-order valence-corrected chi connectivity index (χ3v) is 3.62. The molecule has 132 valence electrons. The maximum atomic E-state index is 13.1. The number of aromatic hydroxyl groups is 1. The Balaban J connectivity index is 2.38. The van der Waals surface area contributed by atoms with Crippen LogP contribution in [-0.4, -0.2) is 5.11 Å². The molecule has 2 aromatic carbocycles. The highest BCUT2D eigenvalue weighted by Crippen LogP contribution is 2.36. The van der Waals surface area contributed by atoms with Gasteiger partial charge in [-0.1, -0.05) is 26.0 Å². The van der Waals surface area contributed by atoms with Crippen molar-refractivity contribution in [1.29, 1.82) is 5.26 Å². The van der Waals surface area contributed by atoms with E-state index in [9.17, 15) is 18.3 Å². The summed E-state index contributed by atoms with van der Waals surface area (Å²) in [5.41, 5.74) is -0.795. The number of alkyl halides is 3. The van der Waals surface area contributed by atoms with Crippen molar-refractivity contribution in [2.45, 2.75) is 32.5 Å². The number of rotatable bonds is 5. The first kappa shape index (κ1) is 18.7. The van der Waals surface area contributed by atoms with Crippen LogP contribution in [0.3, 0.4) is 0 Å². The van der Waals surface area contributed by atoms with Crippen LogP contribution in [0.1, 0.15) is 43.1 Å². The summed E-state index contributed by atoms with van der Waals surface area (Å²) in [5.74, 6) is 0.318. The van der Waals surface area contributed by atoms with Gasteiger partial charge < -0.3 is 9.84 Å². The number of nitriles is 1. The maximum absolute atomic E-state index is 13.1. The average Bonchev–Trinajstić information content (AvgIpc) is 2.53. The Kier molecular flexibility index (Phi) is 5.58. The lowest BCUT2D eigenvalue weighted by Crippen LogP contribution is -2.12. The van der Waals surface area contributed by atoms with E-state index in [2.05, 4.69) is 0 Å². The predicted molar refractivity (Wildman–Crippen MR) is 87.1 cm³/mol. The quantitative estimate of drug-likeness (QED) is 0.781. The van der Waals surface area contributed by atoms with Crippen LogP contribution in [0.5, 0.6) is 11.5 Å². The van der Waals surface area contributed by atoms with E-state index in [0.717, 1.165) is 12.1 Å². The van der Waals surface area contributed by atoms with E-state index < -0.39 is 23.4 Å². The number of nitrogens with zero attached hydrogens (tertiary/aromatic N) is 1. The van der Waals surface area contributed by atoms with Gasteiger partial charge in [0.05, 0.1) is 17.2 Å². The minimum absolute atomic E-state index is 0.0281. The van der Waals surface area contributed by atoms with Crippen molar-refractivity contribution in [3.8, 4) is 17.6 Å². The molecule has 25 heavy (non-hydrogen) atoms. The standard InChI is InChI=1S/C19H18F3NO2/c1-12(2)8-18(13-4-3-5-15(24)9-13)25-16-7-6-14(11-23)17(10-16)19(20,21)22/h3-7,9-10,12,18,24H,8H2,1-2H3. The molecular formula is C19H18F3NO2. The molecule has 0 aromatic heterocycles. The van der Waals surface area contributed by atoms with Crippen LogP contribution >= 0.6 is 0 Å². The van der Waals surface area contributed by atoms with Crippen molar-refractivity contribution in [2.75, 3.05) is 0 Å². The summed E-state index contributed by atoms with van der Waals surface area (Å²) in [6, 6.07) is 11.3. The SMILES string of the molecule is CC(C)CC(Oc1ccc(C#N)c(C(F)(F)F)c1)c1cccc(O)c1. The van der Waals surface area contributed by atoms with Gasteiger partial charge in [-0.15, -0.1) is 0 Å². The number of hydrogen-bond donors (Lipinski definition) is 1. The molecule has 0 aliphatic rings. The van der Waals surface area contributed by atoms with Crippen LogP contribution in [0.2, 0.25) is 0 Å². The first-order valence-corrected chi connectivity index (χ1v) is 7.77. The molecule has 1 unspecified atom stereocenters. The molecule has 0 saturated carbocycles. The molecule has 6 heteroatoms. The predicted octanol–water partition coefficient (Wildman–Crippen LogP) is 5.45. The smallest absolute Gasteiger partial charge is 0.417 e. The van der Waals surface area contributed by atoms with Crippen molar-refractivity contribution >= 4 is 0 Å². The van der Waals surface area contributed by atoms with E-state index in [-0.39, 0.29) is 17.4 Å². The molecule has 2 aromatic rings. The second-order valence-electron chi connectivity index (χ2n) is 6.15. The summed E-state index contributed by atoms with van der Waals surface area (Å²) >= 11 is 0. The molecule has 0 bridgehead atoms. The molecule has 0 amide bonds. The molecule has 0 fully saturated rings. The average molecular weight is 349 g/mol. The van der Waals surface area contributed by atoms with Crippen LogP contribution < -0.4 is 4.74 Å².